The van der Waals surface area contributed by atoms with E-state index in [0.29, 0.717) is 12.2 Å². The van der Waals surface area contributed by atoms with Gasteiger partial charge in [-0.2, -0.15) is 0 Å². The first-order valence-electron chi connectivity index (χ1n) is 5.49. The molecule has 1 saturated heterocycles. The summed E-state index contributed by atoms with van der Waals surface area (Å²) in [6, 6.07) is 5.73. The molecule has 0 unspecified atom stereocenters. The molecule has 3 heteroatoms. The number of aliphatic hydroxyl groups is 1. The molecule has 0 amide bonds. The van der Waals surface area contributed by atoms with E-state index < -0.39 is 0 Å². The van der Waals surface area contributed by atoms with E-state index in [-0.39, 0.29) is 6.61 Å². The van der Waals surface area contributed by atoms with Crippen molar-refractivity contribution < 1.29 is 10.2 Å². The van der Waals surface area contributed by atoms with Crippen molar-refractivity contribution in [3.05, 3.63) is 23.8 Å². The van der Waals surface area contributed by atoms with E-state index in [2.05, 4.69) is 4.90 Å². The zero-order valence-corrected chi connectivity index (χ0v) is 8.82. The second kappa shape index (κ2) is 4.53. The third-order valence-electron chi connectivity index (χ3n) is 2.92. The number of phenols is 1. The van der Waals surface area contributed by atoms with Crippen molar-refractivity contribution in [2.24, 2.45) is 0 Å². The average molecular weight is 207 g/mol. The van der Waals surface area contributed by atoms with Gasteiger partial charge in [-0.3, -0.25) is 0 Å². The van der Waals surface area contributed by atoms with Gasteiger partial charge in [-0.1, -0.05) is 6.07 Å². The fraction of sp³-hybridized carbons (Fsp3) is 0.500. The Morgan fingerprint density at radius 2 is 1.93 bits per heavy atom. The average Bonchev–Trinajstić information content (AvgIpc) is 2.74. The predicted octanol–water partition coefficient (Wildman–Crippen LogP) is 1.53. The SMILES string of the molecule is OCCc1ccc(N2CCCC2)cc1O. The zero-order valence-electron chi connectivity index (χ0n) is 8.82. The Morgan fingerprint density at radius 3 is 2.53 bits per heavy atom. The predicted molar refractivity (Wildman–Crippen MR) is 60.3 cm³/mol. The van der Waals surface area contributed by atoms with Crippen LogP contribution in [0, 0.1) is 0 Å². The molecule has 1 heterocycles. The summed E-state index contributed by atoms with van der Waals surface area (Å²) < 4.78 is 0. The molecule has 1 aliphatic rings. The molecule has 1 aliphatic heterocycles. The van der Waals surface area contributed by atoms with Gasteiger partial charge in [-0.05, 0) is 30.9 Å². The fourth-order valence-electron chi connectivity index (χ4n) is 2.06. The Morgan fingerprint density at radius 1 is 1.20 bits per heavy atom. The second-order valence-electron chi connectivity index (χ2n) is 3.98. The van der Waals surface area contributed by atoms with Crippen molar-refractivity contribution in [2.45, 2.75) is 19.3 Å². The van der Waals surface area contributed by atoms with Gasteiger partial charge in [0.1, 0.15) is 5.75 Å². The zero-order chi connectivity index (χ0) is 10.7. The molecule has 0 aromatic heterocycles. The molecule has 1 aromatic rings. The van der Waals surface area contributed by atoms with Crippen LogP contribution in [-0.4, -0.2) is 29.9 Å². The highest BCUT2D eigenvalue weighted by Crippen LogP contribution is 2.27. The van der Waals surface area contributed by atoms with Crippen molar-refractivity contribution in [1.82, 2.24) is 0 Å². The number of aliphatic hydroxyl groups excluding tert-OH is 1. The Labute approximate surface area is 90.0 Å². The normalized spacial score (nSPS) is 15.9. The van der Waals surface area contributed by atoms with Gasteiger partial charge in [0.25, 0.3) is 0 Å². The summed E-state index contributed by atoms with van der Waals surface area (Å²) in [4.78, 5) is 2.28. The fourth-order valence-corrected chi connectivity index (χ4v) is 2.06. The highest BCUT2D eigenvalue weighted by Gasteiger charge is 2.13. The minimum atomic E-state index is 0.0800. The summed E-state index contributed by atoms with van der Waals surface area (Å²) in [5.74, 6) is 0.299. The summed E-state index contributed by atoms with van der Waals surface area (Å²) in [5.41, 5.74) is 1.91. The van der Waals surface area contributed by atoms with Crippen LogP contribution in [-0.2, 0) is 6.42 Å². The molecule has 0 atom stereocenters. The molecule has 82 valence electrons. The second-order valence-corrected chi connectivity index (χ2v) is 3.98. The lowest BCUT2D eigenvalue weighted by Crippen LogP contribution is -2.17. The van der Waals surface area contributed by atoms with Crippen molar-refractivity contribution >= 4 is 5.69 Å². The Hall–Kier alpha value is -1.22. The van der Waals surface area contributed by atoms with Crippen LogP contribution in [0.5, 0.6) is 5.75 Å². The molecule has 0 saturated carbocycles. The number of phenolic OH excluding ortho intramolecular Hbond substituents is 1. The molecule has 1 aromatic carbocycles. The quantitative estimate of drug-likeness (QED) is 0.790. The molecule has 0 spiro atoms. The van der Waals surface area contributed by atoms with Crippen LogP contribution < -0.4 is 4.90 Å². The summed E-state index contributed by atoms with van der Waals surface area (Å²) in [6.07, 6.45) is 2.99. The maximum Gasteiger partial charge on any atom is 0.120 e. The molecule has 0 aliphatic carbocycles. The van der Waals surface area contributed by atoms with E-state index in [1.54, 1.807) is 6.07 Å². The van der Waals surface area contributed by atoms with Gasteiger partial charge in [-0.15, -0.1) is 0 Å². The highest BCUT2D eigenvalue weighted by atomic mass is 16.3. The molecule has 0 radical (unpaired) electrons. The first-order valence-corrected chi connectivity index (χ1v) is 5.49. The standard InChI is InChI=1S/C12H17NO2/c14-8-5-10-3-4-11(9-12(10)15)13-6-1-2-7-13/h3-4,9,14-15H,1-2,5-8H2. The first kappa shape index (κ1) is 10.3. The van der Waals surface area contributed by atoms with Gasteiger partial charge in [0.05, 0.1) is 0 Å². The lowest BCUT2D eigenvalue weighted by atomic mass is 10.1. The summed E-state index contributed by atoms with van der Waals surface area (Å²) in [6.45, 7) is 2.24. The molecule has 2 N–H and O–H groups in total. The van der Waals surface area contributed by atoms with E-state index in [1.165, 1.54) is 12.8 Å². The Kier molecular flexibility index (Phi) is 3.11. The maximum absolute atomic E-state index is 9.75. The van der Waals surface area contributed by atoms with Crippen LogP contribution in [0.4, 0.5) is 5.69 Å². The summed E-state index contributed by atoms with van der Waals surface area (Å²) in [5, 5.41) is 18.5. The molecular weight excluding hydrogens is 190 g/mol. The van der Waals surface area contributed by atoms with E-state index >= 15 is 0 Å². The smallest absolute Gasteiger partial charge is 0.120 e. The van der Waals surface area contributed by atoms with Gasteiger partial charge in [0, 0.05) is 31.5 Å². The largest absolute Gasteiger partial charge is 0.508 e. The van der Waals surface area contributed by atoms with Gasteiger partial charge < -0.3 is 15.1 Å². The lowest BCUT2D eigenvalue weighted by Gasteiger charge is -2.18. The Bertz CT molecular complexity index is 332. The van der Waals surface area contributed by atoms with Crippen LogP contribution in [0.3, 0.4) is 0 Å². The van der Waals surface area contributed by atoms with Gasteiger partial charge in [0.15, 0.2) is 0 Å². The van der Waals surface area contributed by atoms with Crippen molar-refractivity contribution in [3.63, 3.8) is 0 Å². The van der Waals surface area contributed by atoms with Crippen LogP contribution in [0.1, 0.15) is 18.4 Å². The molecule has 1 fully saturated rings. The maximum atomic E-state index is 9.75. The number of rotatable bonds is 3. The summed E-state index contributed by atoms with van der Waals surface area (Å²) in [7, 11) is 0. The van der Waals surface area contributed by atoms with E-state index in [0.717, 1.165) is 24.3 Å². The molecule has 2 rings (SSSR count). The third-order valence-corrected chi connectivity index (χ3v) is 2.92. The minimum Gasteiger partial charge on any atom is -0.508 e. The van der Waals surface area contributed by atoms with Crippen molar-refractivity contribution in [2.75, 3.05) is 24.6 Å². The number of anilines is 1. The molecule has 15 heavy (non-hydrogen) atoms. The van der Waals surface area contributed by atoms with Crippen LogP contribution in [0.25, 0.3) is 0 Å². The summed E-state index contributed by atoms with van der Waals surface area (Å²) >= 11 is 0. The highest BCUT2D eigenvalue weighted by molar-refractivity contribution is 5.53. The van der Waals surface area contributed by atoms with Gasteiger partial charge in [-0.25, -0.2) is 0 Å². The van der Waals surface area contributed by atoms with Crippen LogP contribution in [0.15, 0.2) is 18.2 Å². The van der Waals surface area contributed by atoms with Gasteiger partial charge in [0.2, 0.25) is 0 Å². The van der Waals surface area contributed by atoms with Crippen LogP contribution >= 0.6 is 0 Å². The third kappa shape index (κ3) is 2.23. The Balaban J connectivity index is 2.16. The van der Waals surface area contributed by atoms with E-state index in [4.69, 9.17) is 5.11 Å². The van der Waals surface area contributed by atoms with E-state index in [9.17, 15) is 5.11 Å². The number of hydrogen-bond acceptors (Lipinski definition) is 3. The molecule has 3 nitrogen and oxygen atoms in total. The number of nitrogens with zero attached hydrogens (tertiary/aromatic N) is 1. The monoisotopic (exact) mass is 207 g/mol. The van der Waals surface area contributed by atoms with E-state index in [1.807, 2.05) is 12.1 Å². The lowest BCUT2D eigenvalue weighted by molar-refractivity contribution is 0.297. The molecule has 0 bridgehead atoms. The minimum absolute atomic E-state index is 0.0800. The van der Waals surface area contributed by atoms with Crippen LogP contribution in [0.2, 0.25) is 0 Å². The topological polar surface area (TPSA) is 43.7 Å². The van der Waals surface area contributed by atoms with Crippen molar-refractivity contribution in [1.29, 1.82) is 0 Å². The number of hydrogen-bond donors (Lipinski definition) is 2. The number of benzene rings is 1. The van der Waals surface area contributed by atoms with Gasteiger partial charge >= 0.3 is 0 Å². The number of aromatic hydroxyl groups is 1. The van der Waals surface area contributed by atoms with Crippen molar-refractivity contribution in [3.8, 4) is 5.75 Å². The first-order chi connectivity index (χ1) is 7.31. The molecular formula is C12H17NO2.